The van der Waals surface area contributed by atoms with Gasteiger partial charge in [0.05, 0.1) is 20.2 Å². The molecule has 124 valence electrons. The highest BCUT2D eigenvalue weighted by molar-refractivity contribution is 6.05. The van der Waals surface area contributed by atoms with Crippen molar-refractivity contribution in [3.63, 3.8) is 0 Å². The van der Waals surface area contributed by atoms with Crippen LogP contribution in [0.2, 0.25) is 0 Å². The van der Waals surface area contributed by atoms with E-state index >= 15 is 0 Å². The molecule has 0 amide bonds. The van der Waals surface area contributed by atoms with Gasteiger partial charge in [-0.05, 0) is 35.9 Å². The van der Waals surface area contributed by atoms with Crippen LogP contribution >= 0.6 is 0 Å². The largest absolute Gasteiger partial charge is 0.545 e. The molecule has 0 aromatic heterocycles. The molecule has 0 saturated carbocycles. The van der Waals surface area contributed by atoms with E-state index in [-0.39, 0.29) is 11.3 Å². The standard InChI is InChI=1S/C18H17NO5/c1-23-16-8-5-13(11-17(16)24-2)15(20)9-10-19-14-6-3-12(4-7-14)18(21)22/h3-11,19H,1-2H3,(H,21,22)/p-1/b10-9+. The SMILES string of the molecule is COc1ccc(C(=O)/C=C/Nc2ccc(C(=O)[O-])cc2)cc1OC. The second kappa shape index (κ2) is 7.82. The monoisotopic (exact) mass is 326 g/mol. The van der Waals surface area contributed by atoms with Crippen LogP contribution in [0.5, 0.6) is 11.5 Å². The number of hydrogen-bond donors (Lipinski definition) is 1. The average Bonchev–Trinajstić information content (AvgIpc) is 2.61. The van der Waals surface area contributed by atoms with Crippen molar-refractivity contribution in [1.29, 1.82) is 0 Å². The molecule has 2 aromatic rings. The molecular formula is C18H16NO5-. The Morgan fingerprint density at radius 1 is 0.958 bits per heavy atom. The maximum atomic E-state index is 12.1. The quantitative estimate of drug-likeness (QED) is 0.617. The molecule has 0 atom stereocenters. The van der Waals surface area contributed by atoms with E-state index < -0.39 is 5.97 Å². The van der Waals surface area contributed by atoms with E-state index in [2.05, 4.69) is 5.32 Å². The normalized spacial score (nSPS) is 10.4. The maximum Gasteiger partial charge on any atom is 0.187 e. The fourth-order valence-corrected chi connectivity index (χ4v) is 2.00. The highest BCUT2D eigenvalue weighted by Crippen LogP contribution is 2.27. The Kier molecular flexibility index (Phi) is 5.57. The van der Waals surface area contributed by atoms with Crippen molar-refractivity contribution >= 4 is 17.4 Å². The number of aromatic carboxylic acids is 1. The summed E-state index contributed by atoms with van der Waals surface area (Å²) in [6, 6.07) is 10.9. The molecule has 2 aromatic carbocycles. The summed E-state index contributed by atoms with van der Waals surface area (Å²) in [5.41, 5.74) is 1.19. The highest BCUT2D eigenvalue weighted by Gasteiger charge is 2.08. The molecule has 0 radical (unpaired) electrons. The Bertz CT molecular complexity index is 765. The molecule has 0 spiro atoms. The summed E-state index contributed by atoms with van der Waals surface area (Å²) in [5, 5.41) is 13.6. The topological polar surface area (TPSA) is 87.7 Å². The van der Waals surface area contributed by atoms with Gasteiger partial charge in [-0.15, -0.1) is 0 Å². The lowest BCUT2D eigenvalue weighted by Gasteiger charge is -2.08. The van der Waals surface area contributed by atoms with Crippen LogP contribution in [-0.2, 0) is 0 Å². The number of ether oxygens (including phenoxy) is 2. The summed E-state index contributed by atoms with van der Waals surface area (Å²) >= 11 is 0. The van der Waals surface area contributed by atoms with Crippen LogP contribution in [0, 0.1) is 0 Å². The molecule has 6 nitrogen and oxygen atoms in total. The van der Waals surface area contributed by atoms with Crippen molar-refractivity contribution in [1.82, 2.24) is 0 Å². The number of ketones is 1. The lowest BCUT2D eigenvalue weighted by atomic mass is 10.1. The lowest BCUT2D eigenvalue weighted by molar-refractivity contribution is -0.255. The summed E-state index contributed by atoms with van der Waals surface area (Å²) in [5.74, 6) is -0.428. The minimum atomic E-state index is -1.24. The molecular weight excluding hydrogens is 310 g/mol. The van der Waals surface area contributed by atoms with Crippen LogP contribution in [0.4, 0.5) is 5.69 Å². The van der Waals surface area contributed by atoms with Gasteiger partial charge in [0, 0.05) is 23.5 Å². The third-order valence-electron chi connectivity index (χ3n) is 3.27. The number of methoxy groups -OCH3 is 2. The van der Waals surface area contributed by atoms with Crippen molar-refractivity contribution in [3.8, 4) is 11.5 Å². The van der Waals surface area contributed by atoms with E-state index in [1.54, 1.807) is 30.3 Å². The number of carbonyl (C=O) groups is 2. The fourth-order valence-electron chi connectivity index (χ4n) is 2.00. The molecule has 1 N–H and O–H groups in total. The molecule has 0 aliphatic rings. The molecule has 0 aliphatic heterocycles. The van der Waals surface area contributed by atoms with Gasteiger partial charge in [-0.1, -0.05) is 12.1 Å². The Labute approximate surface area is 139 Å². The summed E-state index contributed by atoms with van der Waals surface area (Å²) < 4.78 is 10.3. The zero-order chi connectivity index (χ0) is 17.5. The van der Waals surface area contributed by atoms with Gasteiger partial charge in [-0.3, -0.25) is 4.79 Å². The first-order valence-electron chi connectivity index (χ1n) is 7.06. The van der Waals surface area contributed by atoms with Crippen LogP contribution in [0.25, 0.3) is 0 Å². The Morgan fingerprint density at radius 3 is 2.17 bits per heavy atom. The number of hydrogen-bond acceptors (Lipinski definition) is 6. The van der Waals surface area contributed by atoms with Gasteiger partial charge >= 0.3 is 0 Å². The zero-order valence-corrected chi connectivity index (χ0v) is 13.2. The van der Waals surface area contributed by atoms with Gasteiger partial charge in [0.25, 0.3) is 0 Å². The first-order valence-corrected chi connectivity index (χ1v) is 7.06. The number of carboxylic acid groups (broad SMARTS) is 1. The summed E-state index contributed by atoms with van der Waals surface area (Å²) in [7, 11) is 3.02. The van der Waals surface area contributed by atoms with Crippen molar-refractivity contribution < 1.29 is 24.2 Å². The Morgan fingerprint density at radius 2 is 1.58 bits per heavy atom. The van der Waals surface area contributed by atoms with Crippen molar-refractivity contribution in [3.05, 3.63) is 65.9 Å². The Hall–Kier alpha value is -3.28. The third kappa shape index (κ3) is 4.13. The highest BCUT2D eigenvalue weighted by atomic mass is 16.5. The number of rotatable bonds is 7. The van der Waals surface area contributed by atoms with Crippen molar-refractivity contribution in [2.24, 2.45) is 0 Å². The average molecular weight is 326 g/mol. The number of allylic oxidation sites excluding steroid dienone is 1. The molecule has 0 fully saturated rings. The summed E-state index contributed by atoms with van der Waals surface area (Å²) in [4.78, 5) is 22.8. The van der Waals surface area contributed by atoms with Gasteiger partial charge in [-0.25, -0.2) is 0 Å². The molecule has 0 saturated heterocycles. The number of carbonyl (C=O) groups excluding carboxylic acids is 2. The molecule has 0 unspecified atom stereocenters. The van der Waals surface area contributed by atoms with Gasteiger partial charge in [-0.2, -0.15) is 0 Å². The van der Waals surface area contributed by atoms with Gasteiger partial charge in [0.1, 0.15) is 0 Å². The number of carboxylic acids is 1. The van der Waals surface area contributed by atoms with Crippen LogP contribution in [-0.4, -0.2) is 26.0 Å². The second-order valence-corrected chi connectivity index (χ2v) is 4.78. The van der Waals surface area contributed by atoms with Crippen molar-refractivity contribution in [2.75, 3.05) is 19.5 Å². The number of benzene rings is 2. The van der Waals surface area contributed by atoms with Crippen LogP contribution < -0.4 is 19.9 Å². The minimum Gasteiger partial charge on any atom is -0.545 e. The minimum absolute atomic E-state index is 0.0888. The maximum absolute atomic E-state index is 12.1. The van der Waals surface area contributed by atoms with Gasteiger partial charge in [0.2, 0.25) is 0 Å². The molecule has 2 rings (SSSR count). The van der Waals surface area contributed by atoms with Gasteiger partial charge < -0.3 is 24.7 Å². The van der Waals surface area contributed by atoms with E-state index in [4.69, 9.17) is 9.47 Å². The lowest BCUT2D eigenvalue weighted by Crippen LogP contribution is -2.21. The zero-order valence-electron chi connectivity index (χ0n) is 13.2. The number of nitrogens with one attached hydrogen (secondary N) is 1. The summed E-state index contributed by atoms with van der Waals surface area (Å²) in [6.45, 7) is 0. The van der Waals surface area contributed by atoms with Crippen LogP contribution in [0.3, 0.4) is 0 Å². The smallest absolute Gasteiger partial charge is 0.187 e. The first kappa shape index (κ1) is 17.1. The fraction of sp³-hybridized carbons (Fsp3) is 0.111. The summed E-state index contributed by atoms with van der Waals surface area (Å²) in [6.07, 6.45) is 2.85. The first-order chi connectivity index (χ1) is 11.5. The second-order valence-electron chi connectivity index (χ2n) is 4.78. The van der Waals surface area contributed by atoms with E-state index in [1.807, 2.05) is 0 Å². The van der Waals surface area contributed by atoms with E-state index in [0.717, 1.165) is 0 Å². The third-order valence-corrected chi connectivity index (χ3v) is 3.27. The van der Waals surface area contributed by atoms with E-state index in [9.17, 15) is 14.7 Å². The molecule has 0 bridgehead atoms. The van der Waals surface area contributed by atoms with Gasteiger partial charge in [0.15, 0.2) is 17.3 Å². The predicted octanol–water partition coefficient (Wildman–Crippen LogP) is 1.88. The van der Waals surface area contributed by atoms with E-state index in [0.29, 0.717) is 22.7 Å². The molecule has 6 heteroatoms. The van der Waals surface area contributed by atoms with Crippen LogP contribution in [0.1, 0.15) is 20.7 Å². The van der Waals surface area contributed by atoms with Crippen molar-refractivity contribution in [2.45, 2.75) is 0 Å². The molecule has 0 heterocycles. The Balaban J connectivity index is 2.03. The molecule has 24 heavy (non-hydrogen) atoms. The molecule has 0 aliphatic carbocycles. The number of anilines is 1. The van der Waals surface area contributed by atoms with Crippen LogP contribution in [0.15, 0.2) is 54.7 Å². The predicted molar refractivity (Wildman–Crippen MR) is 87.4 cm³/mol. The van der Waals surface area contributed by atoms with E-state index in [1.165, 1.54) is 38.6 Å².